The Kier molecular flexibility index (Phi) is 4.50. The summed E-state index contributed by atoms with van der Waals surface area (Å²) in [5.41, 5.74) is -1.78. The second kappa shape index (κ2) is 5.52. The Balaban J connectivity index is 2.99. The molecule has 1 heterocycles. The van der Waals surface area contributed by atoms with Crippen LogP contribution >= 0.6 is 0 Å². The first kappa shape index (κ1) is 14.7. The van der Waals surface area contributed by atoms with Crippen molar-refractivity contribution in [3.05, 3.63) is 0 Å². The van der Waals surface area contributed by atoms with Gasteiger partial charge in [0.05, 0.1) is 6.42 Å². The minimum atomic E-state index is -1.78. The van der Waals surface area contributed by atoms with Crippen LogP contribution in [0.3, 0.4) is 0 Å². The summed E-state index contributed by atoms with van der Waals surface area (Å²) in [6, 6.07) is 0. The average molecular weight is 256 g/mol. The zero-order valence-corrected chi connectivity index (χ0v) is 10.8. The molecule has 2 atom stereocenters. The van der Waals surface area contributed by atoms with E-state index in [1.807, 2.05) is 6.92 Å². The minimum absolute atomic E-state index is 0.125. The number of ketones is 1. The van der Waals surface area contributed by atoms with Crippen LogP contribution in [0.15, 0.2) is 0 Å². The summed E-state index contributed by atoms with van der Waals surface area (Å²) in [6.07, 6.45) is -0.0903. The van der Waals surface area contributed by atoms with Gasteiger partial charge in [0.2, 0.25) is 0 Å². The molecule has 1 rings (SSSR count). The lowest BCUT2D eigenvalue weighted by molar-refractivity contribution is -0.172. The molecule has 2 unspecified atom stereocenters. The molecular weight excluding hydrogens is 239 g/mol. The number of aliphatic carboxylic acids is 1. The molecule has 0 aromatic rings. The molecule has 7 heteroatoms. The fraction of sp³-hybridized carbons (Fsp3) is 0.727. The number of carboxylic acid groups (broad SMARTS) is 1. The number of carbonyl (C=O) groups excluding carboxylic acids is 2. The van der Waals surface area contributed by atoms with Gasteiger partial charge >= 0.3 is 13.1 Å². The van der Waals surface area contributed by atoms with Gasteiger partial charge < -0.3 is 14.4 Å². The topological polar surface area (TPSA) is 89.9 Å². The van der Waals surface area contributed by atoms with Crippen molar-refractivity contribution >= 4 is 24.8 Å². The number of rotatable bonds is 5. The molecule has 100 valence electrons. The normalized spacial score (nSPS) is 25.5. The van der Waals surface area contributed by atoms with Crippen LogP contribution in [0.1, 0.15) is 40.0 Å². The van der Waals surface area contributed by atoms with Gasteiger partial charge in [-0.25, -0.2) is 4.79 Å². The maximum Gasteiger partial charge on any atom is 0.531 e. The van der Waals surface area contributed by atoms with E-state index in [1.54, 1.807) is 6.92 Å². The molecule has 0 spiro atoms. The zero-order valence-electron chi connectivity index (χ0n) is 10.8. The van der Waals surface area contributed by atoms with Gasteiger partial charge in [-0.15, -0.1) is 0 Å². The van der Waals surface area contributed by atoms with Gasteiger partial charge in [0, 0.05) is 12.2 Å². The highest BCUT2D eigenvalue weighted by atomic mass is 16.6. The van der Waals surface area contributed by atoms with E-state index in [9.17, 15) is 19.5 Å². The summed E-state index contributed by atoms with van der Waals surface area (Å²) >= 11 is 0. The molecule has 0 bridgehead atoms. The van der Waals surface area contributed by atoms with Crippen molar-refractivity contribution in [3.63, 3.8) is 0 Å². The van der Waals surface area contributed by atoms with E-state index in [0.29, 0.717) is 6.42 Å². The number of carboxylic acids is 1. The summed E-state index contributed by atoms with van der Waals surface area (Å²) < 4.78 is 10.4. The average Bonchev–Trinajstić information content (AvgIpc) is 2.25. The van der Waals surface area contributed by atoms with Gasteiger partial charge in [-0.1, -0.05) is 20.3 Å². The van der Waals surface area contributed by atoms with Crippen molar-refractivity contribution < 1.29 is 28.8 Å². The Morgan fingerprint density at radius 1 is 1.56 bits per heavy atom. The van der Waals surface area contributed by atoms with Gasteiger partial charge in [-0.2, -0.15) is 0 Å². The molecule has 1 N–H and O–H groups in total. The van der Waals surface area contributed by atoms with Crippen molar-refractivity contribution in [2.45, 2.75) is 51.5 Å². The summed E-state index contributed by atoms with van der Waals surface area (Å²) in [5.74, 6) is -2.41. The Labute approximate surface area is 106 Å². The third-order valence-electron chi connectivity index (χ3n) is 3.05. The molecule has 0 aromatic heterocycles. The number of Topliss-reactive ketones (excluding diaryl/α,β-unsaturated/α-hetero) is 1. The molecule has 0 aliphatic carbocycles. The summed E-state index contributed by atoms with van der Waals surface area (Å²) in [7, 11) is -0.910. The molecule has 0 amide bonds. The SMILES string of the molecule is CCC(C)B1OC(=O)CC(CC(C)=O)(C(=O)O)O1. The van der Waals surface area contributed by atoms with Crippen molar-refractivity contribution in [1.82, 2.24) is 0 Å². The molecule has 1 fully saturated rings. The van der Waals surface area contributed by atoms with Crippen LogP contribution in [0.5, 0.6) is 0 Å². The predicted octanol–water partition coefficient (Wildman–Crippen LogP) is 1.04. The third-order valence-corrected chi connectivity index (χ3v) is 3.05. The highest BCUT2D eigenvalue weighted by Gasteiger charge is 2.52. The van der Waals surface area contributed by atoms with E-state index in [-0.39, 0.29) is 18.0 Å². The van der Waals surface area contributed by atoms with Crippen molar-refractivity contribution in [1.29, 1.82) is 0 Å². The lowest BCUT2D eigenvalue weighted by atomic mass is 9.68. The Morgan fingerprint density at radius 2 is 2.17 bits per heavy atom. The molecular formula is C11H17BO6. The van der Waals surface area contributed by atoms with Gasteiger partial charge in [-0.05, 0) is 6.92 Å². The summed E-state index contributed by atoms with van der Waals surface area (Å²) in [4.78, 5) is 34.0. The fourth-order valence-corrected chi connectivity index (χ4v) is 1.83. The van der Waals surface area contributed by atoms with Crippen molar-refractivity contribution in [3.8, 4) is 0 Å². The van der Waals surface area contributed by atoms with Crippen molar-refractivity contribution in [2.24, 2.45) is 0 Å². The molecule has 6 nitrogen and oxygen atoms in total. The Hall–Kier alpha value is -1.37. The van der Waals surface area contributed by atoms with Crippen LogP contribution in [-0.2, 0) is 23.7 Å². The van der Waals surface area contributed by atoms with Crippen LogP contribution in [0, 0.1) is 0 Å². The highest BCUT2D eigenvalue weighted by molar-refractivity contribution is 6.49. The standard InChI is InChI=1S/C11H17BO6/c1-4-7(2)12-17-9(14)6-11(18-12,10(15)16)5-8(3)13/h7H,4-6H2,1-3H3,(H,15,16). The maximum absolute atomic E-state index is 11.5. The lowest BCUT2D eigenvalue weighted by Crippen LogP contribution is -2.55. The van der Waals surface area contributed by atoms with Crippen LogP contribution in [0.25, 0.3) is 0 Å². The van der Waals surface area contributed by atoms with Crippen LogP contribution in [0.4, 0.5) is 0 Å². The van der Waals surface area contributed by atoms with Crippen molar-refractivity contribution in [2.75, 3.05) is 0 Å². The zero-order chi connectivity index (χ0) is 13.9. The second-order valence-corrected chi connectivity index (χ2v) is 4.72. The summed E-state index contributed by atoms with van der Waals surface area (Å²) in [6.45, 7) is 4.94. The van der Waals surface area contributed by atoms with Gasteiger partial charge in [0.25, 0.3) is 5.97 Å². The van der Waals surface area contributed by atoms with Crippen LogP contribution < -0.4 is 0 Å². The first-order valence-electron chi connectivity index (χ1n) is 5.91. The molecule has 18 heavy (non-hydrogen) atoms. The third kappa shape index (κ3) is 3.10. The number of carbonyl (C=O) groups is 3. The first-order valence-corrected chi connectivity index (χ1v) is 5.91. The van der Waals surface area contributed by atoms with E-state index in [2.05, 4.69) is 0 Å². The lowest BCUT2D eigenvalue weighted by Gasteiger charge is -2.36. The highest BCUT2D eigenvalue weighted by Crippen LogP contribution is 2.32. The molecule has 1 aliphatic rings. The van der Waals surface area contributed by atoms with E-state index in [4.69, 9.17) is 9.31 Å². The van der Waals surface area contributed by atoms with Gasteiger partial charge in [0.15, 0.2) is 5.60 Å². The second-order valence-electron chi connectivity index (χ2n) is 4.72. The molecule has 0 aromatic carbocycles. The predicted molar refractivity (Wildman–Crippen MR) is 62.9 cm³/mol. The molecule has 1 saturated heterocycles. The van der Waals surface area contributed by atoms with Crippen LogP contribution in [-0.4, -0.2) is 35.5 Å². The van der Waals surface area contributed by atoms with E-state index >= 15 is 0 Å². The maximum atomic E-state index is 11.5. The molecule has 1 aliphatic heterocycles. The molecule has 0 radical (unpaired) electrons. The first-order chi connectivity index (χ1) is 8.30. The smallest absolute Gasteiger partial charge is 0.509 e. The molecule has 0 saturated carbocycles. The Bertz CT molecular complexity index is 365. The monoisotopic (exact) mass is 256 g/mol. The quantitative estimate of drug-likeness (QED) is 0.739. The van der Waals surface area contributed by atoms with Crippen LogP contribution in [0.2, 0.25) is 5.82 Å². The fourth-order valence-electron chi connectivity index (χ4n) is 1.83. The minimum Gasteiger partial charge on any atom is -0.509 e. The number of hydrogen-bond acceptors (Lipinski definition) is 5. The van der Waals surface area contributed by atoms with E-state index in [1.165, 1.54) is 6.92 Å². The summed E-state index contributed by atoms with van der Waals surface area (Å²) in [5, 5.41) is 9.24. The number of hydrogen-bond donors (Lipinski definition) is 1. The van der Waals surface area contributed by atoms with E-state index in [0.717, 1.165) is 0 Å². The Morgan fingerprint density at radius 3 is 2.61 bits per heavy atom. The van der Waals surface area contributed by atoms with Gasteiger partial charge in [-0.3, -0.25) is 9.59 Å². The van der Waals surface area contributed by atoms with Gasteiger partial charge in [0.1, 0.15) is 5.78 Å². The largest absolute Gasteiger partial charge is 0.531 e. The van der Waals surface area contributed by atoms with E-state index < -0.39 is 31.1 Å².